The number of rotatable bonds is 5. The number of aromatic nitrogens is 1. The normalized spacial score (nSPS) is 9.31. The van der Waals surface area contributed by atoms with Crippen molar-refractivity contribution >= 4 is 29.4 Å². The highest BCUT2D eigenvalue weighted by Gasteiger charge is 2.05. The van der Waals surface area contributed by atoms with Crippen LogP contribution in [-0.4, -0.2) is 10.5 Å². The van der Waals surface area contributed by atoms with Crippen LogP contribution in [0.5, 0.6) is 0 Å². The highest BCUT2D eigenvalue weighted by molar-refractivity contribution is 7.79. The third-order valence-corrected chi connectivity index (χ3v) is 4.40. The molecule has 0 aliphatic rings. The summed E-state index contributed by atoms with van der Waals surface area (Å²) in [6.07, 6.45) is 5.97. The molecule has 0 aliphatic carbocycles. The predicted molar refractivity (Wildman–Crippen MR) is 132 cm³/mol. The number of hydrogen-bond donors (Lipinski definition) is 2. The molecule has 4 heteroatoms. The Hall–Kier alpha value is -2.20. The first-order valence-corrected chi connectivity index (χ1v) is 11.1. The summed E-state index contributed by atoms with van der Waals surface area (Å²) < 4.78 is 2.40. The number of carbonyl (C=O) groups is 1. The zero-order valence-electron chi connectivity index (χ0n) is 18.7. The molecule has 2 N–H and O–H groups in total. The lowest BCUT2D eigenvalue weighted by molar-refractivity contribution is -0.115. The van der Waals surface area contributed by atoms with Gasteiger partial charge < -0.3 is 10.3 Å². The topological polar surface area (TPSA) is 48.0 Å². The first-order valence-electron chi connectivity index (χ1n) is 10.5. The molecule has 29 heavy (non-hydrogen) atoms. The van der Waals surface area contributed by atoms with E-state index in [9.17, 15) is 4.79 Å². The molecule has 0 saturated carbocycles. The SMILES string of the molecule is CC.CC(N)=O.CCCCn1cc(CC)c2ccccc21.SCc1ccccc1. The fraction of sp³-hybridized carbons (Fsp3) is 0.400. The summed E-state index contributed by atoms with van der Waals surface area (Å²) in [5, 5.41) is 1.43. The van der Waals surface area contributed by atoms with Gasteiger partial charge in [-0.2, -0.15) is 12.6 Å². The van der Waals surface area contributed by atoms with Crippen LogP contribution in [0.1, 0.15) is 58.6 Å². The first-order chi connectivity index (χ1) is 14.0. The van der Waals surface area contributed by atoms with Gasteiger partial charge in [0.25, 0.3) is 0 Å². The van der Waals surface area contributed by atoms with Gasteiger partial charge in [-0.05, 0) is 30.0 Å². The maximum atomic E-state index is 9.22. The highest BCUT2D eigenvalue weighted by Crippen LogP contribution is 2.22. The van der Waals surface area contributed by atoms with Crippen LogP contribution in [0.2, 0.25) is 0 Å². The van der Waals surface area contributed by atoms with E-state index in [1.807, 2.05) is 32.0 Å². The Morgan fingerprint density at radius 3 is 2.03 bits per heavy atom. The Kier molecular flexibility index (Phi) is 15.5. The van der Waals surface area contributed by atoms with Crippen LogP contribution >= 0.6 is 12.6 Å². The molecule has 3 aromatic rings. The molecule has 2 aromatic carbocycles. The zero-order valence-corrected chi connectivity index (χ0v) is 19.6. The number of unbranched alkanes of at least 4 members (excludes halogenated alkanes) is 1. The van der Waals surface area contributed by atoms with Gasteiger partial charge >= 0.3 is 0 Å². The average molecular weight is 415 g/mol. The molecule has 0 radical (unpaired) electrons. The third-order valence-electron chi connectivity index (χ3n) is 4.03. The Bertz CT molecular complexity index is 793. The molecular formula is C25H38N2OS. The number of thiol groups is 1. The van der Waals surface area contributed by atoms with Crippen LogP contribution in [0, 0.1) is 0 Å². The number of fused-ring (bicyclic) bond motifs is 1. The van der Waals surface area contributed by atoms with E-state index in [1.54, 1.807) is 0 Å². The van der Waals surface area contributed by atoms with Gasteiger partial charge in [0.1, 0.15) is 0 Å². The summed E-state index contributed by atoms with van der Waals surface area (Å²) in [6, 6.07) is 18.9. The Morgan fingerprint density at radius 1 is 1.00 bits per heavy atom. The van der Waals surface area contributed by atoms with Gasteiger partial charge in [-0.25, -0.2) is 0 Å². The molecule has 1 aromatic heterocycles. The van der Waals surface area contributed by atoms with E-state index >= 15 is 0 Å². The molecule has 3 rings (SSSR count). The van der Waals surface area contributed by atoms with Gasteiger partial charge in [-0.15, -0.1) is 0 Å². The largest absolute Gasteiger partial charge is 0.370 e. The second-order valence-electron chi connectivity index (χ2n) is 6.33. The van der Waals surface area contributed by atoms with Crippen molar-refractivity contribution in [3.05, 3.63) is 71.9 Å². The van der Waals surface area contributed by atoms with Crippen molar-refractivity contribution in [2.75, 3.05) is 0 Å². The van der Waals surface area contributed by atoms with Crippen molar-refractivity contribution in [3.8, 4) is 0 Å². The van der Waals surface area contributed by atoms with Crippen molar-refractivity contribution in [1.29, 1.82) is 0 Å². The monoisotopic (exact) mass is 414 g/mol. The first kappa shape index (κ1) is 26.8. The maximum absolute atomic E-state index is 9.22. The average Bonchev–Trinajstić information content (AvgIpc) is 3.12. The number of hydrogen-bond acceptors (Lipinski definition) is 2. The Labute approximate surface area is 182 Å². The van der Waals surface area contributed by atoms with E-state index in [0.717, 1.165) is 18.7 Å². The summed E-state index contributed by atoms with van der Waals surface area (Å²) in [5.74, 6) is 0.501. The summed E-state index contributed by atoms with van der Waals surface area (Å²) >= 11 is 4.11. The van der Waals surface area contributed by atoms with Crippen LogP contribution in [0.15, 0.2) is 60.8 Å². The number of primary amides is 1. The van der Waals surface area contributed by atoms with Crippen LogP contribution in [-0.2, 0) is 23.5 Å². The smallest absolute Gasteiger partial charge is 0.214 e. The van der Waals surface area contributed by atoms with E-state index in [1.165, 1.54) is 41.8 Å². The van der Waals surface area contributed by atoms with E-state index < -0.39 is 0 Å². The van der Waals surface area contributed by atoms with E-state index in [0.29, 0.717) is 0 Å². The standard InChI is InChI=1S/C14H19N.C7H8S.C2H5NO.C2H6/c1-3-5-10-15-11-12(4-2)13-8-6-7-9-14(13)15;8-6-7-4-2-1-3-5-7;1-2(3)4;1-2/h6-9,11H,3-5,10H2,1-2H3;1-5,8H,6H2;1H3,(H2,3,4);1-2H3. The molecule has 3 nitrogen and oxygen atoms in total. The van der Waals surface area contributed by atoms with Gasteiger partial charge in [0.2, 0.25) is 5.91 Å². The summed E-state index contributed by atoms with van der Waals surface area (Å²) in [4.78, 5) is 9.22. The molecule has 1 amide bonds. The molecule has 0 aliphatic heterocycles. The molecular weight excluding hydrogens is 376 g/mol. The van der Waals surface area contributed by atoms with Gasteiger partial charge in [0, 0.05) is 36.3 Å². The number of carbonyl (C=O) groups excluding carboxylic acids is 1. The summed E-state index contributed by atoms with van der Waals surface area (Å²) in [7, 11) is 0. The molecule has 1 heterocycles. The summed E-state index contributed by atoms with van der Waals surface area (Å²) in [5.41, 5.74) is 8.61. The minimum Gasteiger partial charge on any atom is -0.370 e. The van der Waals surface area contributed by atoms with Crippen LogP contribution in [0.4, 0.5) is 0 Å². The number of benzene rings is 2. The quantitative estimate of drug-likeness (QED) is 0.452. The van der Waals surface area contributed by atoms with Crippen LogP contribution < -0.4 is 5.73 Å². The van der Waals surface area contributed by atoms with Crippen molar-refractivity contribution in [1.82, 2.24) is 4.57 Å². The highest BCUT2D eigenvalue weighted by atomic mass is 32.1. The fourth-order valence-corrected chi connectivity index (χ4v) is 2.91. The maximum Gasteiger partial charge on any atom is 0.214 e. The number of para-hydroxylation sites is 1. The number of nitrogens with two attached hydrogens (primary N) is 1. The Morgan fingerprint density at radius 2 is 1.55 bits per heavy atom. The minimum absolute atomic E-state index is 0.333. The van der Waals surface area contributed by atoms with Crippen LogP contribution in [0.25, 0.3) is 10.9 Å². The Balaban J connectivity index is 0.000000471. The molecule has 0 saturated heterocycles. The van der Waals surface area contributed by atoms with E-state index in [2.05, 4.69) is 79.4 Å². The lowest BCUT2D eigenvalue weighted by Crippen LogP contribution is -2.01. The van der Waals surface area contributed by atoms with Crippen molar-refractivity contribution in [2.45, 2.75) is 66.2 Å². The minimum atomic E-state index is -0.333. The second-order valence-corrected chi connectivity index (χ2v) is 6.64. The molecule has 0 atom stereocenters. The fourth-order valence-electron chi connectivity index (χ4n) is 2.70. The number of nitrogens with zero attached hydrogens (tertiary/aromatic N) is 1. The third kappa shape index (κ3) is 10.8. The number of amides is 1. The van der Waals surface area contributed by atoms with Gasteiger partial charge in [0.15, 0.2) is 0 Å². The second kappa shape index (κ2) is 16.7. The van der Waals surface area contributed by atoms with E-state index in [-0.39, 0.29) is 5.91 Å². The van der Waals surface area contributed by atoms with Gasteiger partial charge in [0.05, 0.1) is 0 Å². The molecule has 0 fully saturated rings. The van der Waals surface area contributed by atoms with Crippen molar-refractivity contribution < 1.29 is 4.79 Å². The molecule has 160 valence electrons. The van der Waals surface area contributed by atoms with E-state index in [4.69, 9.17) is 0 Å². The van der Waals surface area contributed by atoms with Crippen LogP contribution in [0.3, 0.4) is 0 Å². The zero-order chi connectivity index (χ0) is 22.1. The van der Waals surface area contributed by atoms with Gasteiger partial charge in [-0.1, -0.05) is 82.6 Å². The van der Waals surface area contributed by atoms with Crippen molar-refractivity contribution in [3.63, 3.8) is 0 Å². The number of aryl methyl sites for hydroxylation is 2. The van der Waals surface area contributed by atoms with Gasteiger partial charge in [-0.3, -0.25) is 4.79 Å². The lowest BCUT2D eigenvalue weighted by atomic mass is 10.1. The molecule has 0 unspecified atom stereocenters. The lowest BCUT2D eigenvalue weighted by Gasteiger charge is -2.02. The summed E-state index contributed by atoms with van der Waals surface area (Å²) in [6.45, 7) is 10.9. The molecule has 0 spiro atoms. The van der Waals surface area contributed by atoms with Crippen molar-refractivity contribution in [2.24, 2.45) is 5.73 Å². The predicted octanol–water partition coefficient (Wildman–Crippen LogP) is 6.64. The molecule has 0 bridgehead atoms.